The normalized spacial score (nSPS) is 10.3. The average molecular weight is 246 g/mol. The first-order valence-electron chi connectivity index (χ1n) is 5.13. The van der Waals surface area contributed by atoms with Crippen LogP contribution in [0.25, 0.3) is 11.1 Å². The second-order valence-electron chi connectivity index (χ2n) is 3.78. The SMILES string of the molecule is Cc1cc([N+](=O)[O-])ccc1-c1ccoc1C(N)=O. The highest BCUT2D eigenvalue weighted by atomic mass is 16.6. The average Bonchev–Trinajstić information content (AvgIpc) is 2.77. The zero-order valence-corrected chi connectivity index (χ0v) is 9.54. The molecule has 0 fully saturated rings. The van der Waals surface area contributed by atoms with Gasteiger partial charge in [-0.2, -0.15) is 0 Å². The fraction of sp³-hybridized carbons (Fsp3) is 0.0833. The van der Waals surface area contributed by atoms with Crippen molar-refractivity contribution in [3.05, 3.63) is 52.0 Å². The highest BCUT2D eigenvalue weighted by Crippen LogP contribution is 2.30. The zero-order valence-electron chi connectivity index (χ0n) is 9.54. The van der Waals surface area contributed by atoms with Gasteiger partial charge in [-0.15, -0.1) is 0 Å². The number of amides is 1. The lowest BCUT2D eigenvalue weighted by Crippen LogP contribution is -2.10. The van der Waals surface area contributed by atoms with Crippen LogP contribution in [0.4, 0.5) is 5.69 Å². The third kappa shape index (κ3) is 1.95. The van der Waals surface area contributed by atoms with Crippen LogP contribution in [0.15, 0.2) is 34.9 Å². The molecule has 0 aliphatic heterocycles. The first-order chi connectivity index (χ1) is 8.50. The number of carbonyl (C=O) groups is 1. The molecule has 1 aromatic heterocycles. The lowest BCUT2D eigenvalue weighted by Gasteiger charge is -2.04. The number of furan rings is 1. The van der Waals surface area contributed by atoms with Crippen molar-refractivity contribution >= 4 is 11.6 Å². The molecule has 0 aliphatic rings. The van der Waals surface area contributed by atoms with Gasteiger partial charge in [-0.25, -0.2) is 0 Å². The molecule has 0 radical (unpaired) electrons. The molecular formula is C12H10N2O4. The Hall–Kier alpha value is -2.63. The van der Waals surface area contributed by atoms with Gasteiger partial charge >= 0.3 is 0 Å². The van der Waals surface area contributed by atoms with Crippen LogP contribution in [0.2, 0.25) is 0 Å². The van der Waals surface area contributed by atoms with Crippen molar-refractivity contribution < 1.29 is 14.1 Å². The third-order valence-corrected chi connectivity index (χ3v) is 2.60. The van der Waals surface area contributed by atoms with Gasteiger partial charge in [0, 0.05) is 17.7 Å². The van der Waals surface area contributed by atoms with Gasteiger partial charge in [0.25, 0.3) is 11.6 Å². The van der Waals surface area contributed by atoms with Gasteiger partial charge in [0.05, 0.1) is 11.2 Å². The molecule has 2 rings (SSSR count). The van der Waals surface area contributed by atoms with Gasteiger partial charge in [0.1, 0.15) is 0 Å². The maximum atomic E-state index is 11.2. The first-order valence-corrected chi connectivity index (χ1v) is 5.13. The van der Waals surface area contributed by atoms with Crippen molar-refractivity contribution in [1.29, 1.82) is 0 Å². The summed E-state index contributed by atoms with van der Waals surface area (Å²) < 4.78 is 5.00. The van der Waals surface area contributed by atoms with E-state index in [0.717, 1.165) is 0 Å². The predicted molar refractivity (Wildman–Crippen MR) is 64.1 cm³/mol. The van der Waals surface area contributed by atoms with Gasteiger partial charge in [0.15, 0.2) is 5.76 Å². The van der Waals surface area contributed by atoms with Crippen LogP contribution in [-0.2, 0) is 0 Å². The Morgan fingerprint density at radius 3 is 2.61 bits per heavy atom. The highest BCUT2D eigenvalue weighted by molar-refractivity contribution is 5.97. The maximum absolute atomic E-state index is 11.2. The van der Waals surface area contributed by atoms with E-state index in [9.17, 15) is 14.9 Å². The predicted octanol–water partition coefficient (Wildman–Crippen LogP) is 2.26. The monoisotopic (exact) mass is 246 g/mol. The van der Waals surface area contributed by atoms with E-state index in [4.69, 9.17) is 10.2 Å². The van der Waals surface area contributed by atoms with Gasteiger partial charge < -0.3 is 10.2 Å². The van der Waals surface area contributed by atoms with Crippen molar-refractivity contribution in [2.24, 2.45) is 5.73 Å². The van der Waals surface area contributed by atoms with Gasteiger partial charge in [-0.3, -0.25) is 14.9 Å². The number of nitrogens with zero attached hydrogens (tertiary/aromatic N) is 1. The molecule has 0 atom stereocenters. The molecule has 6 nitrogen and oxygen atoms in total. The maximum Gasteiger partial charge on any atom is 0.285 e. The van der Waals surface area contributed by atoms with E-state index in [2.05, 4.69) is 0 Å². The van der Waals surface area contributed by atoms with Crippen LogP contribution in [0, 0.1) is 17.0 Å². The lowest BCUT2D eigenvalue weighted by molar-refractivity contribution is -0.384. The highest BCUT2D eigenvalue weighted by Gasteiger charge is 2.17. The van der Waals surface area contributed by atoms with Crippen molar-refractivity contribution in [3.8, 4) is 11.1 Å². The Labute approximate surface area is 102 Å². The third-order valence-electron chi connectivity index (χ3n) is 2.60. The molecule has 0 saturated carbocycles. The summed E-state index contributed by atoms with van der Waals surface area (Å²) in [6.07, 6.45) is 1.36. The largest absolute Gasteiger partial charge is 0.459 e. The Morgan fingerprint density at radius 2 is 2.06 bits per heavy atom. The summed E-state index contributed by atoms with van der Waals surface area (Å²) in [6, 6.07) is 5.99. The number of hydrogen-bond acceptors (Lipinski definition) is 4. The van der Waals surface area contributed by atoms with Crippen LogP contribution < -0.4 is 5.73 Å². The molecule has 6 heteroatoms. The molecule has 0 saturated heterocycles. The van der Waals surface area contributed by atoms with Gasteiger partial charge in [-0.05, 0) is 30.2 Å². The molecule has 0 unspecified atom stereocenters. The van der Waals surface area contributed by atoms with Crippen molar-refractivity contribution in [2.75, 3.05) is 0 Å². The van der Waals surface area contributed by atoms with Gasteiger partial charge in [0.2, 0.25) is 0 Å². The fourth-order valence-electron chi connectivity index (χ4n) is 1.78. The molecule has 2 aromatic rings. The minimum Gasteiger partial charge on any atom is -0.459 e. The van der Waals surface area contributed by atoms with E-state index < -0.39 is 10.8 Å². The second kappa shape index (κ2) is 4.33. The van der Waals surface area contributed by atoms with Crippen LogP contribution >= 0.6 is 0 Å². The molecule has 0 aliphatic carbocycles. The second-order valence-corrected chi connectivity index (χ2v) is 3.78. The van der Waals surface area contributed by atoms with Crippen LogP contribution in [-0.4, -0.2) is 10.8 Å². The topological polar surface area (TPSA) is 99.4 Å². The number of carbonyl (C=O) groups excluding carboxylic acids is 1. The number of nitro benzene ring substituents is 1. The van der Waals surface area contributed by atoms with Gasteiger partial charge in [-0.1, -0.05) is 0 Å². The summed E-state index contributed by atoms with van der Waals surface area (Å²) in [4.78, 5) is 21.3. The number of nitro groups is 1. The Morgan fingerprint density at radius 1 is 1.33 bits per heavy atom. The number of primary amides is 1. The molecule has 1 heterocycles. The molecule has 0 spiro atoms. The van der Waals surface area contributed by atoms with E-state index in [1.54, 1.807) is 19.1 Å². The molecule has 92 valence electrons. The van der Waals surface area contributed by atoms with E-state index in [1.165, 1.54) is 18.4 Å². The number of aryl methyl sites for hydroxylation is 1. The Bertz CT molecular complexity index is 631. The van der Waals surface area contributed by atoms with E-state index >= 15 is 0 Å². The first kappa shape index (κ1) is 11.8. The summed E-state index contributed by atoms with van der Waals surface area (Å²) in [5.41, 5.74) is 7.08. The van der Waals surface area contributed by atoms with E-state index in [-0.39, 0.29) is 11.4 Å². The summed E-state index contributed by atoms with van der Waals surface area (Å²) in [6.45, 7) is 1.72. The minimum atomic E-state index is -0.673. The number of non-ortho nitro benzene ring substituents is 1. The molecule has 0 bridgehead atoms. The number of benzene rings is 1. The molecule has 1 aromatic carbocycles. The molecule has 18 heavy (non-hydrogen) atoms. The van der Waals surface area contributed by atoms with Crippen molar-refractivity contribution in [3.63, 3.8) is 0 Å². The number of hydrogen-bond donors (Lipinski definition) is 1. The standard InChI is InChI=1S/C12H10N2O4/c1-7-6-8(14(16)17)2-3-9(7)10-4-5-18-11(10)12(13)15/h2-6H,1H3,(H2,13,15). The summed E-state index contributed by atoms with van der Waals surface area (Å²) in [5, 5.41) is 10.6. The van der Waals surface area contributed by atoms with Crippen molar-refractivity contribution in [1.82, 2.24) is 0 Å². The lowest BCUT2D eigenvalue weighted by atomic mass is 10.0. The Balaban J connectivity index is 2.55. The Kier molecular flexibility index (Phi) is 2.85. The minimum absolute atomic E-state index is 0.000342. The molecule has 1 amide bonds. The van der Waals surface area contributed by atoms with Crippen molar-refractivity contribution in [2.45, 2.75) is 6.92 Å². The van der Waals surface area contributed by atoms with Crippen LogP contribution in [0.3, 0.4) is 0 Å². The quantitative estimate of drug-likeness (QED) is 0.663. The molecular weight excluding hydrogens is 236 g/mol. The molecule has 2 N–H and O–H groups in total. The van der Waals surface area contributed by atoms with Crippen LogP contribution in [0.5, 0.6) is 0 Å². The van der Waals surface area contributed by atoms with E-state index in [1.807, 2.05) is 0 Å². The number of rotatable bonds is 3. The summed E-state index contributed by atoms with van der Waals surface area (Å²) in [5.74, 6) is -0.625. The van der Waals surface area contributed by atoms with Crippen LogP contribution in [0.1, 0.15) is 16.1 Å². The summed E-state index contributed by atoms with van der Waals surface area (Å²) >= 11 is 0. The summed E-state index contributed by atoms with van der Waals surface area (Å²) in [7, 11) is 0. The zero-order chi connectivity index (χ0) is 13.3. The smallest absolute Gasteiger partial charge is 0.285 e. The number of nitrogens with two attached hydrogens (primary N) is 1. The van der Waals surface area contributed by atoms with E-state index in [0.29, 0.717) is 16.7 Å². The fourth-order valence-corrected chi connectivity index (χ4v) is 1.78.